The number of urea groups is 1. The second kappa shape index (κ2) is 9.56. The highest BCUT2D eigenvalue weighted by Crippen LogP contribution is 2.38. The molecule has 2 aliphatic rings. The first-order valence-corrected chi connectivity index (χ1v) is 10.8. The molecule has 0 saturated carbocycles. The van der Waals surface area contributed by atoms with Crippen LogP contribution in [0.15, 0.2) is 36.4 Å². The fourth-order valence-corrected chi connectivity index (χ4v) is 4.55. The molecular weight excluding hydrogens is 410 g/mol. The van der Waals surface area contributed by atoms with Gasteiger partial charge in [0.15, 0.2) is 11.5 Å². The molecule has 8 nitrogen and oxygen atoms in total. The molecule has 4 rings (SSSR count). The van der Waals surface area contributed by atoms with E-state index in [-0.39, 0.29) is 12.1 Å². The average molecular weight is 442 g/mol. The topological polar surface area (TPSA) is 63.7 Å². The van der Waals surface area contributed by atoms with Gasteiger partial charge in [-0.3, -0.25) is 4.90 Å². The van der Waals surface area contributed by atoms with Crippen LogP contribution in [0.2, 0.25) is 0 Å². The van der Waals surface area contributed by atoms with E-state index in [1.54, 1.807) is 28.4 Å². The van der Waals surface area contributed by atoms with Gasteiger partial charge in [-0.1, -0.05) is 12.1 Å². The number of methoxy groups -OCH3 is 4. The van der Waals surface area contributed by atoms with Gasteiger partial charge in [0.25, 0.3) is 0 Å². The molecular formula is C24H31N3O5. The molecule has 2 aromatic rings. The van der Waals surface area contributed by atoms with Crippen LogP contribution < -0.4 is 18.9 Å². The summed E-state index contributed by atoms with van der Waals surface area (Å²) in [5.74, 6) is 2.73. The summed E-state index contributed by atoms with van der Waals surface area (Å²) in [6.45, 7) is 4.50. The second-order valence-corrected chi connectivity index (χ2v) is 8.13. The highest BCUT2D eigenvalue weighted by molar-refractivity contribution is 5.77. The third-order valence-electron chi connectivity index (χ3n) is 6.18. The summed E-state index contributed by atoms with van der Waals surface area (Å²) in [5.41, 5.74) is 2.20. The molecule has 2 fully saturated rings. The first-order chi connectivity index (χ1) is 15.6. The molecule has 2 aliphatic heterocycles. The van der Waals surface area contributed by atoms with E-state index in [1.165, 1.54) is 0 Å². The first-order valence-electron chi connectivity index (χ1n) is 10.8. The molecule has 172 valence electrons. The highest BCUT2D eigenvalue weighted by atomic mass is 16.5. The smallest absolute Gasteiger partial charge is 0.320 e. The Labute approximate surface area is 189 Å². The van der Waals surface area contributed by atoms with E-state index in [2.05, 4.69) is 4.90 Å². The minimum absolute atomic E-state index is 0.123. The molecule has 32 heavy (non-hydrogen) atoms. The summed E-state index contributed by atoms with van der Waals surface area (Å²) in [5, 5.41) is 0. The summed E-state index contributed by atoms with van der Waals surface area (Å²) >= 11 is 0. The number of amides is 2. The van der Waals surface area contributed by atoms with Crippen LogP contribution in [0, 0.1) is 0 Å². The van der Waals surface area contributed by atoms with Gasteiger partial charge in [0.2, 0.25) is 5.75 Å². The normalized spacial score (nSPS) is 18.5. The van der Waals surface area contributed by atoms with E-state index < -0.39 is 0 Å². The number of benzene rings is 2. The van der Waals surface area contributed by atoms with E-state index in [0.717, 1.165) is 49.6 Å². The molecule has 2 amide bonds. The third-order valence-corrected chi connectivity index (χ3v) is 6.18. The van der Waals surface area contributed by atoms with E-state index in [1.807, 2.05) is 46.2 Å². The number of fused-ring (bicyclic) bond motifs is 1. The maximum absolute atomic E-state index is 12.9. The van der Waals surface area contributed by atoms with Gasteiger partial charge in [-0.2, -0.15) is 0 Å². The van der Waals surface area contributed by atoms with Crippen molar-refractivity contribution < 1.29 is 23.7 Å². The van der Waals surface area contributed by atoms with Crippen molar-refractivity contribution in [1.82, 2.24) is 14.7 Å². The van der Waals surface area contributed by atoms with Gasteiger partial charge in [0, 0.05) is 39.3 Å². The van der Waals surface area contributed by atoms with Crippen molar-refractivity contribution in [2.75, 3.05) is 54.6 Å². The van der Waals surface area contributed by atoms with Crippen molar-refractivity contribution in [2.45, 2.75) is 19.1 Å². The number of piperazine rings is 1. The summed E-state index contributed by atoms with van der Waals surface area (Å²) < 4.78 is 21.6. The van der Waals surface area contributed by atoms with Crippen LogP contribution >= 0.6 is 0 Å². The Kier molecular flexibility index (Phi) is 6.60. The van der Waals surface area contributed by atoms with Crippen molar-refractivity contribution >= 4 is 6.03 Å². The van der Waals surface area contributed by atoms with Crippen LogP contribution in [0.5, 0.6) is 23.0 Å². The van der Waals surface area contributed by atoms with Crippen molar-refractivity contribution in [3.05, 3.63) is 47.5 Å². The van der Waals surface area contributed by atoms with Crippen molar-refractivity contribution in [1.29, 1.82) is 0 Å². The number of hydrogen-bond acceptors (Lipinski definition) is 6. The van der Waals surface area contributed by atoms with Gasteiger partial charge in [-0.05, 0) is 35.4 Å². The Morgan fingerprint density at radius 2 is 1.50 bits per heavy atom. The van der Waals surface area contributed by atoms with Gasteiger partial charge in [0.1, 0.15) is 5.75 Å². The Balaban J connectivity index is 1.41. The lowest BCUT2D eigenvalue weighted by molar-refractivity contribution is 0.116. The third kappa shape index (κ3) is 4.41. The predicted molar refractivity (Wildman–Crippen MR) is 121 cm³/mol. The standard InChI is InChI=1S/C24H31N3O5/c1-29-20-7-5-17(6-8-20)14-26-16-19-15-25(9-10-27(19)24(26)28)13-18-11-21(30-2)23(32-4)22(12-18)31-3/h5-8,11-12,19H,9-10,13-16H2,1-4H3/t19-/m1/s1. The molecule has 0 bridgehead atoms. The Morgan fingerprint density at radius 1 is 0.812 bits per heavy atom. The molecule has 2 saturated heterocycles. The molecule has 0 aromatic heterocycles. The lowest BCUT2D eigenvalue weighted by Gasteiger charge is -2.36. The van der Waals surface area contributed by atoms with Crippen molar-refractivity contribution in [3.63, 3.8) is 0 Å². The van der Waals surface area contributed by atoms with Crippen LogP contribution in [-0.4, -0.2) is 81.4 Å². The van der Waals surface area contributed by atoms with Crippen LogP contribution in [0.3, 0.4) is 0 Å². The minimum Gasteiger partial charge on any atom is -0.497 e. The number of carbonyl (C=O) groups excluding carboxylic acids is 1. The zero-order valence-electron chi connectivity index (χ0n) is 19.2. The first kappa shape index (κ1) is 22.1. The van der Waals surface area contributed by atoms with Gasteiger partial charge < -0.3 is 28.7 Å². The SMILES string of the molecule is COc1ccc(CN2C[C@H]3CN(Cc4cc(OC)c(OC)c(OC)c4)CCN3C2=O)cc1. The lowest BCUT2D eigenvalue weighted by atomic mass is 10.1. The van der Waals surface area contributed by atoms with Gasteiger partial charge >= 0.3 is 6.03 Å². The molecule has 1 atom stereocenters. The summed E-state index contributed by atoms with van der Waals surface area (Å²) in [6, 6.07) is 12.2. The molecule has 8 heteroatoms. The van der Waals surface area contributed by atoms with Gasteiger partial charge in [-0.25, -0.2) is 4.79 Å². The molecule has 2 aromatic carbocycles. The van der Waals surface area contributed by atoms with Gasteiger partial charge in [-0.15, -0.1) is 0 Å². The fourth-order valence-electron chi connectivity index (χ4n) is 4.55. The Hall–Kier alpha value is -3.13. The predicted octanol–water partition coefficient (Wildman–Crippen LogP) is 2.84. The number of nitrogens with zero attached hydrogens (tertiary/aromatic N) is 3. The van der Waals surface area contributed by atoms with Crippen LogP contribution in [0.1, 0.15) is 11.1 Å². The summed E-state index contributed by atoms with van der Waals surface area (Å²) in [4.78, 5) is 19.3. The zero-order chi connectivity index (χ0) is 22.7. The molecule has 2 heterocycles. The second-order valence-electron chi connectivity index (χ2n) is 8.13. The maximum atomic E-state index is 12.9. The summed E-state index contributed by atoms with van der Waals surface area (Å²) in [6.07, 6.45) is 0. The Morgan fingerprint density at radius 3 is 2.09 bits per heavy atom. The molecule has 0 radical (unpaired) electrons. The van der Waals surface area contributed by atoms with E-state index in [0.29, 0.717) is 23.8 Å². The monoisotopic (exact) mass is 441 g/mol. The highest BCUT2D eigenvalue weighted by Gasteiger charge is 2.40. The van der Waals surface area contributed by atoms with Crippen LogP contribution in [-0.2, 0) is 13.1 Å². The molecule has 0 N–H and O–H groups in total. The lowest BCUT2D eigenvalue weighted by Crippen LogP contribution is -2.51. The molecule has 0 unspecified atom stereocenters. The number of carbonyl (C=O) groups is 1. The van der Waals surface area contributed by atoms with E-state index in [4.69, 9.17) is 18.9 Å². The largest absolute Gasteiger partial charge is 0.497 e. The average Bonchev–Trinajstić information content (AvgIpc) is 3.13. The quantitative estimate of drug-likeness (QED) is 0.628. The number of hydrogen-bond donors (Lipinski definition) is 0. The van der Waals surface area contributed by atoms with E-state index >= 15 is 0 Å². The van der Waals surface area contributed by atoms with Crippen LogP contribution in [0.4, 0.5) is 4.79 Å². The zero-order valence-corrected chi connectivity index (χ0v) is 19.2. The number of ether oxygens (including phenoxy) is 4. The van der Waals surface area contributed by atoms with Crippen LogP contribution in [0.25, 0.3) is 0 Å². The van der Waals surface area contributed by atoms with Crippen molar-refractivity contribution in [3.8, 4) is 23.0 Å². The minimum atomic E-state index is 0.123. The fraction of sp³-hybridized carbons (Fsp3) is 0.458. The Bertz CT molecular complexity index is 924. The van der Waals surface area contributed by atoms with Gasteiger partial charge in [0.05, 0.1) is 34.5 Å². The molecule has 0 spiro atoms. The number of rotatable bonds is 8. The van der Waals surface area contributed by atoms with Crippen molar-refractivity contribution in [2.24, 2.45) is 0 Å². The molecule has 0 aliphatic carbocycles. The summed E-state index contributed by atoms with van der Waals surface area (Å²) in [7, 11) is 6.51. The van der Waals surface area contributed by atoms with E-state index in [9.17, 15) is 4.79 Å². The maximum Gasteiger partial charge on any atom is 0.320 e.